The molecular formula is C20H24N2O3. The van der Waals surface area contributed by atoms with E-state index in [0.717, 1.165) is 24.4 Å². The lowest BCUT2D eigenvalue weighted by molar-refractivity contribution is 0.0716. The first-order chi connectivity index (χ1) is 12.2. The van der Waals surface area contributed by atoms with Crippen LogP contribution in [0.2, 0.25) is 0 Å². The van der Waals surface area contributed by atoms with Crippen molar-refractivity contribution < 1.29 is 13.9 Å². The Labute approximate surface area is 148 Å². The first-order valence-electron chi connectivity index (χ1n) is 9.14. The first kappa shape index (κ1) is 16.2. The molecule has 2 aromatic rings. The number of rotatable bonds is 7. The summed E-state index contributed by atoms with van der Waals surface area (Å²) in [6.07, 6.45) is 4.95. The van der Waals surface area contributed by atoms with E-state index in [0.29, 0.717) is 42.5 Å². The van der Waals surface area contributed by atoms with Gasteiger partial charge in [-0.25, -0.2) is 4.98 Å². The Hall–Kier alpha value is -2.30. The highest BCUT2D eigenvalue weighted by Crippen LogP contribution is 2.47. The lowest BCUT2D eigenvalue weighted by atomic mass is 10.2. The molecule has 132 valence electrons. The average Bonchev–Trinajstić information content (AvgIpc) is 3.53. The van der Waals surface area contributed by atoms with Gasteiger partial charge in [-0.2, -0.15) is 0 Å². The molecule has 2 fully saturated rings. The summed E-state index contributed by atoms with van der Waals surface area (Å²) < 4.78 is 11.4. The molecule has 2 aromatic heterocycles. The van der Waals surface area contributed by atoms with Crippen molar-refractivity contribution in [2.75, 3.05) is 6.61 Å². The molecule has 0 N–H and O–H groups in total. The lowest BCUT2D eigenvalue weighted by Crippen LogP contribution is -2.32. The Kier molecular flexibility index (Phi) is 4.24. The maximum absolute atomic E-state index is 13.0. The number of hydrogen-bond donors (Lipinski definition) is 0. The summed E-state index contributed by atoms with van der Waals surface area (Å²) >= 11 is 0. The largest absolute Gasteiger partial charge is 0.478 e. The summed E-state index contributed by atoms with van der Waals surface area (Å²) in [7, 11) is 0. The van der Waals surface area contributed by atoms with Gasteiger partial charge >= 0.3 is 0 Å². The molecule has 2 aliphatic carbocycles. The Bertz CT molecular complexity index is 766. The highest BCUT2D eigenvalue weighted by molar-refractivity contribution is 5.94. The zero-order valence-corrected chi connectivity index (χ0v) is 14.8. The molecule has 0 spiro atoms. The van der Waals surface area contributed by atoms with Gasteiger partial charge in [0.15, 0.2) is 0 Å². The van der Waals surface area contributed by atoms with E-state index < -0.39 is 0 Å². The zero-order chi connectivity index (χ0) is 17.4. The molecule has 2 heterocycles. The summed E-state index contributed by atoms with van der Waals surface area (Å²) in [5, 5.41) is 0. The number of ether oxygens (including phenoxy) is 1. The SMILES string of the molecule is CCOc1cc(C(=O)N(Cc2ccc(C3CC3C)o2)C2CC2)ccn1. The summed E-state index contributed by atoms with van der Waals surface area (Å²) in [6.45, 7) is 5.21. The van der Waals surface area contributed by atoms with Crippen LogP contribution in [-0.4, -0.2) is 28.4 Å². The van der Waals surface area contributed by atoms with Crippen LogP contribution in [0.5, 0.6) is 5.88 Å². The second-order valence-electron chi connectivity index (χ2n) is 7.10. The Morgan fingerprint density at radius 2 is 2.16 bits per heavy atom. The molecule has 1 amide bonds. The second kappa shape index (κ2) is 6.54. The van der Waals surface area contributed by atoms with Crippen molar-refractivity contribution in [3.63, 3.8) is 0 Å². The average molecular weight is 340 g/mol. The Morgan fingerprint density at radius 3 is 2.84 bits per heavy atom. The third-order valence-corrected chi connectivity index (χ3v) is 5.01. The number of nitrogens with zero attached hydrogens (tertiary/aromatic N) is 2. The maximum Gasteiger partial charge on any atom is 0.254 e. The van der Waals surface area contributed by atoms with E-state index in [1.807, 2.05) is 17.9 Å². The van der Waals surface area contributed by atoms with Gasteiger partial charge in [0, 0.05) is 29.8 Å². The van der Waals surface area contributed by atoms with Crippen molar-refractivity contribution >= 4 is 5.91 Å². The molecular weight excluding hydrogens is 316 g/mol. The molecule has 2 atom stereocenters. The molecule has 0 saturated heterocycles. The molecule has 5 heteroatoms. The fourth-order valence-electron chi connectivity index (χ4n) is 3.25. The number of hydrogen-bond acceptors (Lipinski definition) is 4. The number of carbonyl (C=O) groups excluding carboxylic acids is 1. The minimum absolute atomic E-state index is 0.0172. The van der Waals surface area contributed by atoms with Crippen LogP contribution in [0.1, 0.15) is 60.9 Å². The summed E-state index contributed by atoms with van der Waals surface area (Å²) in [5.41, 5.74) is 0.618. The number of carbonyl (C=O) groups is 1. The van der Waals surface area contributed by atoms with Gasteiger partial charge in [0.05, 0.1) is 13.2 Å². The predicted molar refractivity (Wildman–Crippen MR) is 93.5 cm³/mol. The third-order valence-electron chi connectivity index (χ3n) is 5.01. The normalized spacial score (nSPS) is 21.8. The summed E-state index contributed by atoms with van der Waals surface area (Å²) in [6, 6.07) is 7.87. The summed E-state index contributed by atoms with van der Waals surface area (Å²) in [4.78, 5) is 19.1. The van der Waals surface area contributed by atoms with Gasteiger partial charge in [0.2, 0.25) is 5.88 Å². The molecule has 0 aromatic carbocycles. The fourth-order valence-corrected chi connectivity index (χ4v) is 3.25. The quantitative estimate of drug-likeness (QED) is 0.764. The molecule has 0 radical (unpaired) electrons. The summed E-state index contributed by atoms with van der Waals surface area (Å²) in [5.74, 6) is 3.72. The van der Waals surface area contributed by atoms with Gasteiger partial charge in [0.25, 0.3) is 5.91 Å². The molecule has 4 rings (SSSR count). The highest BCUT2D eigenvalue weighted by atomic mass is 16.5. The van der Waals surface area contributed by atoms with E-state index >= 15 is 0 Å². The number of pyridine rings is 1. The molecule has 2 saturated carbocycles. The zero-order valence-electron chi connectivity index (χ0n) is 14.8. The van der Waals surface area contributed by atoms with Crippen molar-refractivity contribution in [3.05, 3.63) is 47.5 Å². The van der Waals surface area contributed by atoms with Gasteiger partial charge in [-0.15, -0.1) is 0 Å². The van der Waals surface area contributed by atoms with Gasteiger partial charge in [0.1, 0.15) is 11.5 Å². The molecule has 2 aliphatic rings. The van der Waals surface area contributed by atoms with Crippen LogP contribution in [0.25, 0.3) is 0 Å². The Balaban J connectivity index is 1.50. The topological polar surface area (TPSA) is 55.6 Å². The van der Waals surface area contributed by atoms with Crippen LogP contribution >= 0.6 is 0 Å². The van der Waals surface area contributed by atoms with Crippen LogP contribution in [0.3, 0.4) is 0 Å². The van der Waals surface area contributed by atoms with Crippen LogP contribution in [0.4, 0.5) is 0 Å². The molecule has 0 aliphatic heterocycles. The van der Waals surface area contributed by atoms with E-state index in [1.165, 1.54) is 6.42 Å². The number of amides is 1. The minimum atomic E-state index is 0.0172. The van der Waals surface area contributed by atoms with Crippen LogP contribution < -0.4 is 4.74 Å². The van der Waals surface area contributed by atoms with Crippen LogP contribution in [-0.2, 0) is 6.54 Å². The van der Waals surface area contributed by atoms with E-state index in [2.05, 4.69) is 18.0 Å². The lowest BCUT2D eigenvalue weighted by Gasteiger charge is -2.21. The van der Waals surface area contributed by atoms with Crippen molar-refractivity contribution in [3.8, 4) is 5.88 Å². The smallest absolute Gasteiger partial charge is 0.254 e. The van der Waals surface area contributed by atoms with Crippen molar-refractivity contribution in [2.45, 2.75) is 51.6 Å². The van der Waals surface area contributed by atoms with Gasteiger partial charge in [-0.1, -0.05) is 6.92 Å². The molecule has 25 heavy (non-hydrogen) atoms. The van der Waals surface area contributed by atoms with Crippen molar-refractivity contribution in [1.29, 1.82) is 0 Å². The fraction of sp³-hybridized carbons (Fsp3) is 0.500. The van der Waals surface area contributed by atoms with E-state index in [1.54, 1.807) is 18.3 Å². The van der Waals surface area contributed by atoms with Crippen molar-refractivity contribution in [2.24, 2.45) is 5.92 Å². The molecule has 5 nitrogen and oxygen atoms in total. The van der Waals surface area contributed by atoms with Crippen LogP contribution in [0.15, 0.2) is 34.9 Å². The van der Waals surface area contributed by atoms with E-state index in [-0.39, 0.29) is 5.91 Å². The maximum atomic E-state index is 13.0. The van der Waals surface area contributed by atoms with E-state index in [9.17, 15) is 4.79 Å². The van der Waals surface area contributed by atoms with Gasteiger partial charge < -0.3 is 14.1 Å². The van der Waals surface area contributed by atoms with E-state index in [4.69, 9.17) is 9.15 Å². The molecule has 2 unspecified atom stereocenters. The number of aromatic nitrogens is 1. The van der Waals surface area contributed by atoms with Crippen molar-refractivity contribution in [1.82, 2.24) is 9.88 Å². The Morgan fingerprint density at radius 1 is 1.36 bits per heavy atom. The monoisotopic (exact) mass is 340 g/mol. The first-order valence-corrected chi connectivity index (χ1v) is 9.14. The minimum Gasteiger partial charge on any atom is -0.478 e. The molecule has 0 bridgehead atoms. The highest BCUT2D eigenvalue weighted by Gasteiger charge is 2.37. The third kappa shape index (κ3) is 3.55. The van der Waals surface area contributed by atoms with Gasteiger partial charge in [-0.3, -0.25) is 4.79 Å². The van der Waals surface area contributed by atoms with Gasteiger partial charge in [-0.05, 0) is 50.3 Å². The standard InChI is InChI=1S/C20H24N2O3/c1-3-24-19-11-14(8-9-21-19)20(23)22(15-4-5-15)12-16-6-7-18(25-16)17-10-13(17)2/h6-9,11,13,15,17H,3-5,10,12H2,1-2H3. The predicted octanol–water partition coefficient (Wildman–Crippen LogP) is 4.00. The number of furan rings is 1. The second-order valence-corrected chi connectivity index (χ2v) is 7.10. The van der Waals surface area contributed by atoms with Crippen LogP contribution in [0, 0.1) is 5.92 Å².